The van der Waals surface area contributed by atoms with Gasteiger partial charge in [0.05, 0.1) is 6.10 Å². The van der Waals surface area contributed by atoms with Gasteiger partial charge in [-0.2, -0.15) is 0 Å². The van der Waals surface area contributed by atoms with E-state index < -0.39 is 12.1 Å². The normalized spacial score (nSPS) is 11.3. The molecule has 1 unspecified atom stereocenters. The highest BCUT2D eigenvalue weighted by Gasteiger charge is 2.05. The zero-order valence-corrected chi connectivity index (χ0v) is 7.77. The van der Waals surface area contributed by atoms with Gasteiger partial charge in [-0.3, -0.25) is 0 Å². The molecule has 0 aliphatic carbocycles. The predicted molar refractivity (Wildman–Crippen MR) is 51.4 cm³/mol. The van der Waals surface area contributed by atoms with Crippen LogP contribution in [0, 0.1) is 17.7 Å². The Morgan fingerprint density at radius 2 is 2.00 bits per heavy atom. The van der Waals surface area contributed by atoms with Crippen LogP contribution in [0.5, 0.6) is 0 Å². The van der Waals surface area contributed by atoms with Crippen molar-refractivity contribution in [2.24, 2.45) is 0 Å². The quantitative estimate of drug-likeness (QED) is 0.721. The van der Waals surface area contributed by atoms with Crippen molar-refractivity contribution >= 4 is 5.97 Å². The summed E-state index contributed by atoms with van der Waals surface area (Å²) in [7, 11) is 0. The molecule has 0 spiro atoms. The summed E-state index contributed by atoms with van der Waals surface area (Å²) in [5.41, 5.74) is 0.510. The number of aliphatic hydroxyl groups excluding tert-OH is 1. The van der Waals surface area contributed by atoms with Gasteiger partial charge in [0.2, 0.25) is 0 Å². The van der Waals surface area contributed by atoms with Gasteiger partial charge >= 0.3 is 5.97 Å². The first-order chi connectivity index (χ1) is 7.09. The zero-order valence-electron chi connectivity index (χ0n) is 7.77. The van der Waals surface area contributed by atoms with Gasteiger partial charge in [0.25, 0.3) is 0 Å². The molecule has 1 aromatic rings. The first-order valence-electron chi connectivity index (χ1n) is 4.25. The monoisotopic (exact) mass is 208 g/mol. The average Bonchev–Trinajstić information content (AvgIpc) is 2.18. The number of carbonyl (C=O) groups is 1. The topological polar surface area (TPSA) is 57.5 Å². The standard InChI is InChI=1S/C11H9FO3/c12-9-6-4-8(5-7-9)10(13)2-1-3-11(14)15/h4-7,10,13H,2H2,(H,14,15). The van der Waals surface area contributed by atoms with Crippen molar-refractivity contribution in [3.8, 4) is 11.8 Å². The summed E-state index contributed by atoms with van der Waals surface area (Å²) in [4.78, 5) is 10.1. The minimum atomic E-state index is -1.23. The van der Waals surface area contributed by atoms with Crippen molar-refractivity contribution in [3.05, 3.63) is 35.6 Å². The van der Waals surface area contributed by atoms with Crippen LogP contribution in [0.15, 0.2) is 24.3 Å². The van der Waals surface area contributed by atoms with Crippen molar-refractivity contribution in [1.82, 2.24) is 0 Å². The molecule has 1 atom stereocenters. The highest BCUT2D eigenvalue weighted by atomic mass is 19.1. The lowest BCUT2D eigenvalue weighted by Crippen LogP contribution is -1.96. The molecule has 0 heterocycles. The second-order valence-electron chi connectivity index (χ2n) is 2.88. The van der Waals surface area contributed by atoms with E-state index in [1.54, 1.807) is 0 Å². The molecule has 4 heteroatoms. The van der Waals surface area contributed by atoms with E-state index in [1.165, 1.54) is 24.3 Å². The van der Waals surface area contributed by atoms with Crippen LogP contribution in [-0.2, 0) is 4.79 Å². The maximum Gasteiger partial charge on any atom is 0.381 e. The van der Waals surface area contributed by atoms with Gasteiger partial charge in [-0.1, -0.05) is 18.1 Å². The number of carboxylic acid groups (broad SMARTS) is 1. The zero-order chi connectivity index (χ0) is 11.3. The largest absolute Gasteiger partial charge is 0.472 e. The lowest BCUT2D eigenvalue weighted by Gasteiger charge is -2.06. The summed E-state index contributed by atoms with van der Waals surface area (Å²) in [6, 6.07) is 5.32. The van der Waals surface area contributed by atoms with Gasteiger partial charge < -0.3 is 10.2 Å². The molecule has 78 valence electrons. The molecule has 0 aromatic heterocycles. The van der Waals surface area contributed by atoms with Crippen LogP contribution < -0.4 is 0 Å². The number of aliphatic hydroxyl groups is 1. The van der Waals surface area contributed by atoms with Crippen molar-refractivity contribution < 1.29 is 19.4 Å². The summed E-state index contributed by atoms with van der Waals surface area (Å²) in [6.07, 6.45) is -0.879. The van der Waals surface area contributed by atoms with Crippen molar-refractivity contribution in [3.63, 3.8) is 0 Å². The molecule has 2 N–H and O–H groups in total. The van der Waals surface area contributed by atoms with E-state index in [0.717, 1.165) is 0 Å². The summed E-state index contributed by atoms with van der Waals surface area (Å²) in [5, 5.41) is 17.7. The van der Waals surface area contributed by atoms with Gasteiger partial charge in [0.1, 0.15) is 5.82 Å². The van der Waals surface area contributed by atoms with E-state index in [2.05, 4.69) is 5.92 Å². The molecular weight excluding hydrogens is 199 g/mol. The van der Waals surface area contributed by atoms with Gasteiger partial charge in [-0.25, -0.2) is 9.18 Å². The number of aliphatic carboxylic acids is 1. The third kappa shape index (κ3) is 3.79. The molecule has 1 rings (SSSR count). The molecule has 0 saturated heterocycles. The van der Waals surface area contributed by atoms with Crippen LogP contribution in [-0.4, -0.2) is 16.2 Å². The second-order valence-corrected chi connectivity index (χ2v) is 2.88. The number of halogens is 1. The second kappa shape index (κ2) is 5.13. The van der Waals surface area contributed by atoms with Crippen LogP contribution in [0.2, 0.25) is 0 Å². The molecule has 0 aliphatic heterocycles. The fourth-order valence-electron chi connectivity index (χ4n) is 1.03. The molecule has 0 saturated carbocycles. The molecule has 0 amide bonds. The fourth-order valence-corrected chi connectivity index (χ4v) is 1.03. The first-order valence-corrected chi connectivity index (χ1v) is 4.25. The Bertz CT molecular complexity index is 400. The number of hydrogen-bond donors (Lipinski definition) is 2. The third-order valence-electron chi connectivity index (χ3n) is 1.75. The highest BCUT2D eigenvalue weighted by Crippen LogP contribution is 2.15. The minimum absolute atomic E-state index is 0.0118. The molecular formula is C11H9FO3. The molecule has 0 bridgehead atoms. The summed E-state index contributed by atoms with van der Waals surface area (Å²) in [6.45, 7) is 0. The minimum Gasteiger partial charge on any atom is -0.472 e. The van der Waals surface area contributed by atoms with Gasteiger partial charge in [-0.05, 0) is 17.7 Å². The number of rotatable bonds is 2. The summed E-state index contributed by atoms with van der Waals surface area (Å²) in [5.74, 6) is 2.57. The Hall–Kier alpha value is -1.86. The maximum absolute atomic E-state index is 12.5. The number of hydrogen-bond acceptors (Lipinski definition) is 2. The van der Waals surface area contributed by atoms with E-state index in [9.17, 15) is 14.3 Å². The van der Waals surface area contributed by atoms with Gasteiger partial charge in [0, 0.05) is 12.3 Å². The Balaban J connectivity index is 2.62. The Morgan fingerprint density at radius 3 is 2.53 bits per heavy atom. The SMILES string of the molecule is O=C(O)C#CCC(O)c1ccc(F)cc1. The first kappa shape index (κ1) is 11.2. The van der Waals surface area contributed by atoms with Crippen LogP contribution in [0.1, 0.15) is 18.1 Å². The van der Waals surface area contributed by atoms with Gasteiger partial charge in [0.15, 0.2) is 0 Å². The van der Waals surface area contributed by atoms with E-state index in [1.807, 2.05) is 5.92 Å². The maximum atomic E-state index is 12.5. The van der Waals surface area contributed by atoms with Gasteiger partial charge in [-0.15, -0.1) is 0 Å². The summed E-state index contributed by atoms with van der Waals surface area (Å²) >= 11 is 0. The molecule has 0 radical (unpaired) electrons. The van der Waals surface area contributed by atoms with E-state index in [4.69, 9.17) is 5.11 Å². The third-order valence-corrected chi connectivity index (χ3v) is 1.75. The molecule has 0 fully saturated rings. The number of carboxylic acids is 1. The number of benzene rings is 1. The van der Waals surface area contributed by atoms with E-state index in [0.29, 0.717) is 5.56 Å². The van der Waals surface area contributed by atoms with Crippen LogP contribution in [0.4, 0.5) is 4.39 Å². The van der Waals surface area contributed by atoms with Crippen LogP contribution in [0.25, 0.3) is 0 Å². The lowest BCUT2D eigenvalue weighted by molar-refractivity contribution is -0.130. The Labute approximate surface area is 86.2 Å². The van der Waals surface area contributed by atoms with Crippen LogP contribution in [0.3, 0.4) is 0 Å². The van der Waals surface area contributed by atoms with Crippen LogP contribution >= 0.6 is 0 Å². The molecule has 3 nitrogen and oxygen atoms in total. The van der Waals surface area contributed by atoms with E-state index in [-0.39, 0.29) is 12.2 Å². The van der Waals surface area contributed by atoms with Crippen molar-refractivity contribution in [2.45, 2.75) is 12.5 Å². The molecule has 0 aliphatic rings. The molecule has 15 heavy (non-hydrogen) atoms. The summed E-state index contributed by atoms with van der Waals surface area (Å²) < 4.78 is 12.5. The highest BCUT2D eigenvalue weighted by molar-refractivity contribution is 5.86. The Kier molecular flexibility index (Phi) is 3.83. The predicted octanol–water partition coefficient (Wildman–Crippen LogP) is 1.34. The van der Waals surface area contributed by atoms with E-state index >= 15 is 0 Å². The molecule has 1 aromatic carbocycles. The van der Waals surface area contributed by atoms with Crippen molar-refractivity contribution in [1.29, 1.82) is 0 Å². The van der Waals surface area contributed by atoms with Crippen molar-refractivity contribution in [2.75, 3.05) is 0 Å². The lowest BCUT2D eigenvalue weighted by atomic mass is 10.1. The smallest absolute Gasteiger partial charge is 0.381 e. The average molecular weight is 208 g/mol. The fraction of sp³-hybridized carbons (Fsp3) is 0.182. The Morgan fingerprint density at radius 1 is 1.40 bits per heavy atom.